The Morgan fingerprint density at radius 1 is 1.27 bits per heavy atom. The van der Waals surface area contributed by atoms with Gasteiger partial charge in [-0.15, -0.1) is 0 Å². The second-order valence-corrected chi connectivity index (χ2v) is 14.1. The molecule has 1 N–H and O–H groups in total. The van der Waals surface area contributed by atoms with Gasteiger partial charge in [0.1, 0.15) is 0 Å². The van der Waals surface area contributed by atoms with Crippen LogP contribution in [-0.2, 0) is 27.4 Å². The van der Waals surface area contributed by atoms with E-state index in [0.717, 1.165) is 36.1 Å². The summed E-state index contributed by atoms with van der Waals surface area (Å²) in [5, 5.41) is 3.05. The summed E-state index contributed by atoms with van der Waals surface area (Å²) in [5.74, 6) is 0.915. The Labute approximate surface area is 181 Å². The van der Waals surface area contributed by atoms with Crippen molar-refractivity contribution in [2.24, 2.45) is 7.05 Å². The number of hydrogen-bond acceptors (Lipinski definition) is 5. The van der Waals surface area contributed by atoms with Crippen LogP contribution in [-0.4, -0.2) is 43.8 Å². The Bertz CT molecular complexity index is 860. The first kappa shape index (κ1) is 24.4. The van der Waals surface area contributed by atoms with Crippen LogP contribution in [0.25, 0.3) is 11.3 Å². The first-order valence-corrected chi connectivity index (χ1v) is 13.3. The molecule has 0 saturated carbocycles. The standard InChI is InChI=1S/C22H34BN3O3Si/c1-16(29-30(6,7)22(2,3)4)21-25-20(13-26(21)5)18-10-8-17(9-11-18)12-19(14-27)24-15-23-28/h8-11,13-14,16,19,24H,12,15H2,1-7H3. The van der Waals surface area contributed by atoms with Crippen molar-refractivity contribution in [2.45, 2.75) is 64.4 Å². The molecule has 1 aromatic heterocycles. The van der Waals surface area contributed by atoms with Gasteiger partial charge in [0.25, 0.3) is 0 Å². The molecule has 8 heteroatoms. The zero-order valence-corrected chi connectivity index (χ0v) is 20.2. The predicted molar refractivity (Wildman–Crippen MR) is 123 cm³/mol. The molecule has 0 spiro atoms. The molecule has 1 heterocycles. The minimum absolute atomic E-state index is 0.0823. The minimum atomic E-state index is -1.89. The zero-order valence-electron chi connectivity index (χ0n) is 19.2. The molecule has 2 rings (SSSR count). The number of rotatable bonds is 10. The second-order valence-electron chi connectivity index (χ2n) is 9.33. The molecule has 0 aliphatic heterocycles. The Balaban J connectivity index is 2.14. The Morgan fingerprint density at radius 2 is 1.90 bits per heavy atom. The van der Waals surface area contributed by atoms with Crippen LogP contribution in [0.2, 0.25) is 18.1 Å². The number of aryl methyl sites for hydroxylation is 1. The van der Waals surface area contributed by atoms with Gasteiger partial charge < -0.3 is 4.43 Å². The maximum atomic E-state index is 11.2. The molecule has 162 valence electrons. The summed E-state index contributed by atoms with van der Waals surface area (Å²) >= 11 is 0. The number of nitrogens with zero attached hydrogens (tertiary/aromatic N) is 2. The molecule has 2 aromatic rings. The first-order chi connectivity index (χ1) is 14.0. The van der Waals surface area contributed by atoms with E-state index in [0.29, 0.717) is 6.42 Å². The summed E-state index contributed by atoms with van der Waals surface area (Å²) < 4.78 is 19.0. The number of benzene rings is 1. The Hall–Kier alpha value is -1.90. The van der Waals surface area contributed by atoms with Crippen LogP contribution >= 0.6 is 0 Å². The van der Waals surface area contributed by atoms with Crippen LogP contribution in [0, 0.1) is 0 Å². The van der Waals surface area contributed by atoms with Gasteiger partial charge in [-0.25, -0.2) is 0 Å². The molecule has 0 amide bonds. The fourth-order valence-corrected chi connectivity index (χ4v) is 4.45. The van der Waals surface area contributed by atoms with E-state index in [1.807, 2.05) is 42.1 Å². The Kier molecular flexibility index (Phi) is 8.07. The first-order valence-electron chi connectivity index (χ1n) is 10.4. The summed E-state index contributed by atoms with van der Waals surface area (Å²) in [6.07, 6.45) is 3.50. The van der Waals surface area contributed by atoms with Gasteiger partial charge >= 0.3 is 123 Å². The zero-order chi connectivity index (χ0) is 22.5. The number of nitrogens with one attached hydrogen (secondary N) is 1. The number of carbonyl (C=O) groups is 1. The average Bonchev–Trinajstić information content (AvgIpc) is 3.06. The van der Waals surface area contributed by atoms with Crippen molar-refractivity contribution < 1.29 is 13.9 Å². The van der Waals surface area contributed by atoms with E-state index in [1.165, 1.54) is 0 Å². The second kappa shape index (κ2) is 9.94. The summed E-state index contributed by atoms with van der Waals surface area (Å²) in [6.45, 7) is 13.3. The number of aldehydes is 1. The van der Waals surface area contributed by atoms with Gasteiger partial charge in [-0.2, -0.15) is 0 Å². The summed E-state index contributed by atoms with van der Waals surface area (Å²) in [7, 11) is 0.867. The van der Waals surface area contributed by atoms with E-state index in [4.69, 9.17) is 9.41 Å². The van der Waals surface area contributed by atoms with Crippen molar-refractivity contribution in [3.8, 4) is 11.3 Å². The summed E-state index contributed by atoms with van der Waals surface area (Å²) in [6, 6.07) is 7.66. The van der Waals surface area contributed by atoms with E-state index in [-0.39, 0.29) is 23.6 Å². The van der Waals surface area contributed by atoms with Gasteiger partial charge in [-0.1, -0.05) is 20.8 Å². The van der Waals surface area contributed by atoms with Crippen LogP contribution in [0.1, 0.15) is 45.2 Å². The van der Waals surface area contributed by atoms with Crippen molar-refractivity contribution in [1.29, 1.82) is 0 Å². The van der Waals surface area contributed by atoms with E-state index in [9.17, 15) is 9.50 Å². The quantitative estimate of drug-likeness (QED) is 0.460. The van der Waals surface area contributed by atoms with Crippen molar-refractivity contribution in [1.82, 2.24) is 14.9 Å². The van der Waals surface area contributed by atoms with Crippen molar-refractivity contribution in [3.63, 3.8) is 0 Å². The number of imidazole rings is 1. The van der Waals surface area contributed by atoms with Crippen LogP contribution in [0.15, 0.2) is 30.5 Å². The van der Waals surface area contributed by atoms with Crippen LogP contribution in [0.4, 0.5) is 0 Å². The molecular weight excluding hydrogens is 393 g/mol. The molecule has 2 atom stereocenters. The molecule has 2 unspecified atom stereocenters. The molecule has 0 fully saturated rings. The normalized spacial score (nSPS) is 14.2. The topological polar surface area (TPSA) is 73.2 Å². The van der Waals surface area contributed by atoms with E-state index >= 15 is 0 Å². The van der Waals surface area contributed by atoms with E-state index < -0.39 is 8.32 Å². The van der Waals surface area contributed by atoms with Crippen molar-refractivity contribution in [2.75, 3.05) is 6.44 Å². The summed E-state index contributed by atoms with van der Waals surface area (Å²) in [4.78, 5) is 16.0. The monoisotopic (exact) mass is 427 g/mol. The molecule has 1 aromatic carbocycles. The molecule has 0 aliphatic rings. The SMILES string of the molecule is CC(O[Si](C)(C)C(C)(C)C)c1nc(-c2ccc(CC(C=O)NCB=O)cc2)cn1C. The van der Waals surface area contributed by atoms with Gasteiger partial charge in [0.05, 0.1) is 0 Å². The van der Waals surface area contributed by atoms with E-state index in [1.54, 1.807) is 0 Å². The molecule has 6 nitrogen and oxygen atoms in total. The summed E-state index contributed by atoms with van der Waals surface area (Å²) in [5.41, 5.74) is 2.94. The number of carbonyl (C=O) groups excluding carboxylic acids is 1. The van der Waals surface area contributed by atoms with Gasteiger partial charge in [0.2, 0.25) is 0 Å². The molecule has 0 aliphatic carbocycles. The van der Waals surface area contributed by atoms with Crippen LogP contribution in [0.5, 0.6) is 0 Å². The molecule has 0 radical (unpaired) electrons. The van der Waals surface area contributed by atoms with Gasteiger partial charge in [-0.05, 0) is 25.1 Å². The average molecular weight is 427 g/mol. The van der Waals surface area contributed by atoms with Gasteiger partial charge in [0, 0.05) is 0 Å². The fraction of sp³-hybridized carbons (Fsp3) is 0.545. The Morgan fingerprint density at radius 3 is 2.43 bits per heavy atom. The van der Waals surface area contributed by atoms with Gasteiger partial charge in [-0.3, -0.25) is 0 Å². The van der Waals surface area contributed by atoms with Gasteiger partial charge in [0.15, 0.2) is 8.32 Å². The number of aromatic nitrogens is 2. The fourth-order valence-electron chi connectivity index (χ4n) is 3.10. The maximum absolute atomic E-state index is 11.2. The number of hydrogen-bond donors (Lipinski definition) is 1. The van der Waals surface area contributed by atoms with Crippen LogP contribution < -0.4 is 5.32 Å². The third-order valence-electron chi connectivity index (χ3n) is 5.89. The third kappa shape index (κ3) is 6.06. The molecule has 30 heavy (non-hydrogen) atoms. The predicted octanol–water partition coefficient (Wildman–Crippen LogP) is 3.88. The van der Waals surface area contributed by atoms with E-state index in [2.05, 4.69) is 46.1 Å². The van der Waals surface area contributed by atoms with Crippen LogP contribution in [0.3, 0.4) is 0 Å². The molecule has 0 bridgehead atoms. The molecular formula is C22H34BN3O3Si. The van der Waals surface area contributed by atoms with Crippen molar-refractivity contribution in [3.05, 3.63) is 41.9 Å². The third-order valence-corrected chi connectivity index (χ3v) is 10.4. The van der Waals surface area contributed by atoms with Crippen molar-refractivity contribution >= 4 is 21.8 Å². The molecule has 0 saturated heterocycles.